The van der Waals surface area contributed by atoms with Crippen molar-refractivity contribution in [1.82, 2.24) is 5.32 Å². The van der Waals surface area contributed by atoms with E-state index in [-0.39, 0.29) is 24.5 Å². The van der Waals surface area contributed by atoms with Crippen LogP contribution in [-0.4, -0.2) is 47.0 Å². The number of hydrogen-bond acceptors (Lipinski definition) is 6. The van der Waals surface area contributed by atoms with Crippen molar-refractivity contribution in [3.05, 3.63) is 22.4 Å². The molecule has 1 aliphatic heterocycles. The number of thiophene rings is 1. The summed E-state index contributed by atoms with van der Waals surface area (Å²) in [4.78, 5) is 34.5. The van der Waals surface area contributed by atoms with Gasteiger partial charge >= 0.3 is 13.1 Å². The third-order valence-electron chi connectivity index (χ3n) is 4.08. The molecule has 1 unspecified atom stereocenters. The Morgan fingerprint density at radius 3 is 2.75 bits per heavy atom. The van der Waals surface area contributed by atoms with Crippen LogP contribution < -0.4 is 5.32 Å². The summed E-state index contributed by atoms with van der Waals surface area (Å²) in [5, 5.41) is 25.5. The Kier molecular flexibility index (Phi) is 6.53. The van der Waals surface area contributed by atoms with E-state index in [4.69, 9.17) is 9.76 Å². The van der Waals surface area contributed by atoms with Crippen LogP contribution in [0.1, 0.15) is 31.7 Å². The molecule has 0 aromatic carbocycles. The van der Waals surface area contributed by atoms with Crippen molar-refractivity contribution in [3.8, 4) is 0 Å². The lowest BCUT2D eigenvalue weighted by molar-refractivity contribution is -0.142. The number of carboxylic acids is 1. The maximum atomic E-state index is 12.0. The third kappa shape index (κ3) is 5.15. The molecule has 2 rings (SSSR count). The number of nitrogens with one attached hydrogen (secondary N) is 1. The summed E-state index contributed by atoms with van der Waals surface area (Å²) in [7, 11) is -1.26. The van der Waals surface area contributed by atoms with Crippen LogP contribution in [0.25, 0.3) is 0 Å². The molecule has 0 bridgehead atoms. The number of carboxylic acid groups (broad SMARTS) is 1. The van der Waals surface area contributed by atoms with Gasteiger partial charge in [-0.2, -0.15) is 11.3 Å². The number of hydrogen-bond donors (Lipinski definition) is 3. The summed E-state index contributed by atoms with van der Waals surface area (Å²) < 4.78 is 5.42. The molecule has 3 N–H and O–H groups in total. The molecule has 0 spiro atoms. The smallest absolute Gasteiger partial charge is 0.478 e. The lowest BCUT2D eigenvalue weighted by Crippen LogP contribution is -2.54. The lowest BCUT2D eigenvalue weighted by Gasteiger charge is -2.34. The monoisotopic (exact) mass is 353 g/mol. The van der Waals surface area contributed by atoms with Gasteiger partial charge in [-0.05, 0) is 42.2 Å². The fraction of sp³-hybridized carbons (Fsp3) is 0.533. The van der Waals surface area contributed by atoms with Crippen molar-refractivity contribution in [2.24, 2.45) is 5.92 Å². The summed E-state index contributed by atoms with van der Waals surface area (Å²) in [6.45, 7) is 1.32. The second-order valence-electron chi connectivity index (χ2n) is 5.94. The van der Waals surface area contributed by atoms with Gasteiger partial charge in [0.25, 0.3) is 0 Å². The lowest BCUT2D eigenvalue weighted by atomic mass is 9.70. The fourth-order valence-electron chi connectivity index (χ4n) is 2.83. The third-order valence-corrected chi connectivity index (χ3v) is 4.81. The van der Waals surface area contributed by atoms with Crippen LogP contribution >= 0.6 is 11.3 Å². The van der Waals surface area contributed by atoms with Gasteiger partial charge in [-0.1, -0.05) is 0 Å². The molecule has 1 aromatic heterocycles. The van der Waals surface area contributed by atoms with E-state index < -0.39 is 31.1 Å². The first kappa shape index (κ1) is 18.6. The van der Waals surface area contributed by atoms with Crippen LogP contribution in [0.3, 0.4) is 0 Å². The maximum Gasteiger partial charge on any atom is 0.478 e. The normalized spacial score (nSPS) is 22.0. The summed E-state index contributed by atoms with van der Waals surface area (Å²) in [6.07, 6.45) is 0.0639. The van der Waals surface area contributed by atoms with Gasteiger partial charge in [-0.3, -0.25) is 14.4 Å². The Balaban J connectivity index is 1.88. The molecule has 1 aromatic rings. The number of amides is 1. The Hall–Kier alpha value is -1.71. The minimum atomic E-state index is -1.26. The highest BCUT2D eigenvalue weighted by atomic mass is 32.1. The first-order valence-electron chi connectivity index (χ1n) is 7.73. The van der Waals surface area contributed by atoms with Gasteiger partial charge in [-0.15, -0.1) is 0 Å². The first-order chi connectivity index (χ1) is 11.4. The van der Waals surface area contributed by atoms with E-state index in [1.165, 1.54) is 18.3 Å². The molecule has 1 amide bonds. The molecule has 2 heterocycles. The predicted octanol–water partition coefficient (Wildman–Crippen LogP) is 0.654. The van der Waals surface area contributed by atoms with Crippen molar-refractivity contribution in [2.45, 2.75) is 44.7 Å². The average molecular weight is 353 g/mol. The molecule has 1 fully saturated rings. The van der Waals surface area contributed by atoms with Crippen LogP contribution in [-0.2, 0) is 25.5 Å². The van der Waals surface area contributed by atoms with E-state index in [0.29, 0.717) is 12.8 Å². The fourth-order valence-corrected chi connectivity index (χ4v) is 3.50. The Morgan fingerprint density at radius 1 is 1.46 bits per heavy atom. The molecule has 130 valence electrons. The zero-order valence-corrected chi connectivity index (χ0v) is 14.1. The van der Waals surface area contributed by atoms with Gasteiger partial charge in [0.15, 0.2) is 0 Å². The van der Waals surface area contributed by atoms with Crippen LogP contribution in [0.5, 0.6) is 0 Å². The Morgan fingerprint density at radius 2 is 2.21 bits per heavy atom. The molecular formula is C15H20BNO6S. The number of Topliss-reactive ketones (excluding diaryl/α,β-unsaturated/α-hetero) is 1. The second kappa shape index (κ2) is 8.41. The van der Waals surface area contributed by atoms with Gasteiger partial charge in [-0.25, -0.2) is 0 Å². The number of carbonyl (C=O) groups is 3. The van der Waals surface area contributed by atoms with Crippen LogP contribution in [0.4, 0.5) is 0 Å². The summed E-state index contributed by atoms with van der Waals surface area (Å²) >= 11 is 1.51. The largest absolute Gasteiger partial charge is 0.481 e. The van der Waals surface area contributed by atoms with Crippen molar-refractivity contribution < 1.29 is 29.2 Å². The van der Waals surface area contributed by atoms with Gasteiger partial charge in [0, 0.05) is 0 Å². The molecule has 24 heavy (non-hydrogen) atoms. The molecule has 0 aliphatic carbocycles. The number of aliphatic carboxylic acids is 1. The zero-order chi connectivity index (χ0) is 17.7. The van der Waals surface area contributed by atoms with E-state index in [1.807, 2.05) is 16.8 Å². The van der Waals surface area contributed by atoms with Gasteiger partial charge in [0.2, 0.25) is 5.91 Å². The second-order valence-corrected chi connectivity index (χ2v) is 6.72. The van der Waals surface area contributed by atoms with E-state index in [1.54, 1.807) is 0 Å². The summed E-state index contributed by atoms with van der Waals surface area (Å²) in [5.74, 6) is -2.94. The topological polar surface area (TPSA) is 113 Å². The molecule has 3 atom stereocenters. The van der Waals surface area contributed by atoms with Gasteiger partial charge < -0.3 is 20.1 Å². The van der Waals surface area contributed by atoms with Crippen molar-refractivity contribution in [1.29, 1.82) is 0 Å². The van der Waals surface area contributed by atoms with Crippen molar-refractivity contribution in [3.63, 3.8) is 0 Å². The number of carbonyl (C=O) groups excluding carboxylic acids is 2. The van der Waals surface area contributed by atoms with E-state index in [0.717, 1.165) is 5.56 Å². The average Bonchev–Trinajstić information content (AvgIpc) is 2.99. The predicted molar refractivity (Wildman–Crippen MR) is 88.5 cm³/mol. The first-order valence-corrected chi connectivity index (χ1v) is 8.67. The van der Waals surface area contributed by atoms with Gasteiger partial charge in [0.05, 0.1) is 30.8 Å². The summed E-state index contributed by atoms with van der Waals surface area (Å²) in [5.41, 5.74) is 0.902. The summed E-state index contributed by atoms with van der Waals surface area (Å²) in [6, 6.07) is 1.86. The minimum Gasteiger partial charge on any atom is -0.481 e. The molecule has 1 aliphatic rings. The Bertz CT molecular complexity index is 593. The van der Waals surface area contributed by atoms with Crippen LogP contribution in [0.15, 0.2) is 16.8 Å². The van der Waals surface area contributed by atoms with E-state index in [2.05, 4.69) is 5.32 Å². The standard InChI is InChI=1S/C15H20BNO6S/c1-9(18)11(7-15(20)21)12-2-3-13(16(22)23-12)17-14(19)6-10-4-5-24-8-10/h4-5,8,11-13,22H,2-3,6-7H2,1H3,(H,17,19)(H,20,21)/t11?,12-,13-/m0/s1. The highest BCUT2D eigenvalue weighted by Crippen LogP contribution is 2.25. The quantitative estimate of drug-likeness (QED) is 0.621. The molecular weight excluding hydrogens is 333 g/mol. The molecule has 0 saturated carbocycles. The van der Waals surface area contributed by atoms with Crippen LogP contribution in [0, 0.1) is 5.92 Å². The molecule has 1 saturated heterocycles. The van der Waals surface area contributed by atoms with Crippen LogP contribution in [0.2, 0.25) is 0 Å². The molecule has 7 nitrogen and oxygen atoms in total. The van der Waals surface area contributed by atoms with E-state index in [9.17, 15) is 19.4 Å². The van der Waals surface area contributed by atoms with Crippen molar-refractivity contribution >= 4 is 36.1 Å². The zero-order valence-electron chi connectivity index (χ0n) is 13.3. The van der Waals surface area contributed by atoms with E-state index >= 15 is 0 Å². The molecule has 0 radical (unpaired) electrons. The highest BCUT2D eigenvalue weighted by Gasteiger charge is 2.40. The molecule has 9 heteroatoms. The number of rotatable bonds is 7. The highest BCUT2D eigenvalue weighted by molar-refractivity contribution is 7.08. The van der Waals surface area contributed by atoms with Crippen molar-refractivity contribution in [2.75, 3.05) is 0 Å². The Labute approximate surface area is 144 Å². The van der Waals surface area contributed by atoms with Gasteiger partial charge in [0.1, 0.15) is 5.78 Å². The SMILES string of the molecule is CC(=O)C(CC(=O)O)[C@@H]1CC[C@H](NC(=O)Cc2ccsc2)B(O)O1. The number of ketones is 1. The minimum absolute atomic E-state index is 0.215. The maximum absolute atomic E-state index is 12.0.